The van der Waals surface area contributed by atoms with E-state index in [4.69, 9.17) is 9.47 Å². The summed E-state index contributed by atoms with van der Waals surface area (Å²) in [5, 5.41) is 3.56. The van der Waals surface area contributed by atoms with Gasteiger partial charge in [-0.25, -0.2) is 4.98 Å². The first-order valence-corrected chi connectivity index (χ1v) is 10.1. The quantitative estimate of drug-likeness (QED) is 0.739. The molecule has 1 atom stereocenters. The second-order valence-electron chi connectivity index (χ2n) is 7.54. The molecule has 7 nitrogen and oxygen atoms in total. The van der Waals surface area contributed by atoms with Gasteiger partial charge in [0.25, 0.3) is 0 Å². The summed E-state index contributed by atoms with van der Waals surface area (Å²) >= 11 is 0. The molecular formula is C22H24N4O3. The smallest absolute Gasteiger partial charge is 0.242 e. The Labute approximate surface area is 169 Å². The highest BCUT2D eigenvalue weighted by atomic mass is 16.6. The molecule has 1 fully saturated rings. The predicted molar refractivity (Wildman–Crippen MR) is 110 cm³/mol. The van der Waals surface area contributed by atoms with Gasteiger partial charge in [-0.15, -0.1) is 0 Å². The van der Waals surface area contributed by atoms with Crippen molar-refractivity contribution in [3.8, 4) is 11.5 Å². The number of piperidine rings is 1. The molecule has 0 bridgehead atoms. The second-order valence-corrected chi connectivity index (χ2v) is 7.54. The number of para-hydroxylation sites is 2. The van der Waals surface area contributed by atoms with Crippen LogP contribution in [0, 0.1) is 0 Å². The van der Waals surface area contributed by atoms with Gasteiger partial charge >= 0.3 is 0 Å². The molecule has 1 amide bonds. The highest BCUT2D eigenvalue weighted by Crippen LogP contribution is 2.33. The van der Waals surface area contributed by atoms with E-state index < -0.39 is 0 Å². The molecule has 3 aromatic rings. The van der Waals surface area contributed by atoms with Crippen LogP contribution in [0.5, 0.6) is 11.5 Å². The lowest BCUT2D eigenvalue weighted by atomic mass is 10.0. The van der Waals surface area contributed by atoms with Crippen molar-refractivity contribution in [1.82, 2.24) is 14.5 Å². The van der Waals surface area contributed by atoms with E-state index in [1.54, 1.807) is 6.33 Å². The number of imidazole rings is 1. The number of fused-ring (bicyclic) bond motifs is 2. The molecule has 2 aromatic carbocycles. The summed E-state index contributed by atoms with van der Waals surface area (Å²) in [5.74, 6) is 1.69. The molecule has 2 aliphatic heterocycles. The number of amides is 1. The van der Waals surface area contributed by atoms with E-state index >= 15 is 0 Å². The van der Waals surface area contributed by atoms with Gasteiger partial charge in [0.05, 0.1) is 17.4 Å². The summed E-state index contributed by atoms with van der Waals surface area (Å²) in [6, 6.07) is 14.0. The third kappa shape index (κ3) is 3.72. The zero-order chi connectivity index (χ0) is 19.6. The maximum atomic E-state index is 12.9. The molecule has 1 saturated heterocycles. The van der Waals surface area contributed by atoms with Crippen molar-refractivity contribution in [1.29, 1.82) is 0 Å². The van der Waals surface area contributed by atoms with Gasteiger partial charge in [-0.3, -0.25) is 4.79 Å². The van der Waals surface area contributed by atoms with Gasteiger partial charge in [0, 0.05) is 30.9 Å². The van der Waals surface area contributed by atoms with Crippen molar-refractivity contribution in [2.75, 3.05) is 31.6 Å². The van der Waals surface area contributed by atoms with Crippen molar-refractivity contribution in [3.63, 3.8) is 0 Å². The number of benzene rings is 2. The Kier molecular flexibility index (Phi) is 4.71. The largest absolute Gasteiger partial charge is 0.486 e. The second kappa shape index (κ2) is 7.66. The van der Waals surface area contributed by atoms with Gasteiger partial charge in [0.15, 0.2) is 11.5 Å². The van der Waals surface area contributed by atoms with E-state index in [1.165, 1.54) is 0 Å². The lowest BCUT2D eigenvalue weighted by Crippen LogP contribution is -2.46. The highest BCUT2D eigenvalue weighted by Gasteiger charge is 2.24. The highest BCUT2D eigenvalue weighted by molar-refractivity contribution is 5.80. The fourth-order valence-electron chi connectivity index (χ4n) is 4.07. The number of aromatic nitrogens is 2. The van der Waals surface area contributed by atoms with E-state index in [1.807, 2.05) is 51.9 Å². The molecule has 29 heavy (non-hydrogen) atoms. The van der Waals surface area contributed by atoms with Crippen LogP contribution < -0.4 is 14.8 Å². The van der Waals surface area contributed by atoms with Crippen molar-refractivity contribution in [3.05, 3.63) is 48.8 Å². The van der Waals surface area contributed by atoms with Crippen LogP contribution in [0.4, 0.5) is 5.69 Å². The maximum Gasteiger partial charge on any atom is 0.242 e. The van der Waals surface area contributed by atoms with E-state index in [9.17, 15) is 4.79 Å². The van der Waals surface area contributed by atoms with Gasteiger partial charge in [-0.2, -0.15) is 0 Å². The fraction of sp³-hybridized carbons (Fsp3) is 0.364. The fourth-order valence-corrected chi connectivity index (χ4v) is 4.07. The topological polar surface area (TPSA) is 68.6 Å². The molecule has 1 N–H and O–H groups in total. The van der Waals surface area contributed by atoms with Gasteiger partial charge in [0.2, 0.25) is 5.91 Å². The molecule has 0 saturated carbocycles. The Bertz CT molecular complexity index is 1030. The van der Waals surface area contributed by atoms with Crippen LogP contribution in [-0.2, 0) is 11.3 Å². The van der Waals surface area contributed by atoms with E-state index in [0.717, 1.165) is 47.6 Å². The first kappa shape index (κ1) is 17.8. The number of nitrogens with one attached hydrogen (secondary N) is 1. The summed E-state index contributed by atoms with van der Waals surface area (Å²) in [6.45, 7) is 2.97. The van der Waals surface area contributed by atoms with Crippen LogP contribution in [0.2, 0.25) is 0 Å². The number of anilines is 1. The predicted octanol–water partition coefficient (Wildman–Crippen LogP) is 2.91. The molecule has 2 aliphatic rings. The van der Waals surface area contributed by atoms with Crippen LogP contribution in [-0.4, -0.2) is 52.7 Å². The first-order chi connectivity index (χ1) is 14.3. The first-order valence-electron chi connectivity index (χ1n) is 10.1. The molecule has 150 valence electrons. The molecule has 0 spiro atoms. The third-order valence-electron chi connectivity index (χ3n) is 5.52. The number of hydrogen-bond acceptors (Lipinski definition) is 5. The summed E-state index contributed by atoms with van der Waals surface area (Å²) in [7, 11) is 0. The molecular weight excluding hydrogens is 368 g/mol. The zero-order valence-corrected chi connectivity index (χ0v) is 16.2. The number of nitrogens with zero attached hydrogens (tertiary/aromatic N) is 3. The Morgan fingerprint density at radius 2 is 2.00 bits per heavy atom. The summed E-state index contributed by atoms with van der Waals surface area (Å²) in [6.07, 6.45) is 3.77. The zero-order valence-electron chi connectivity index (χ0n) is 16.2. The van der Waals surface area contributed by atoms with Crippen LogP contribution in [0.25, 0.3) is 11.0 Å². The Hall–Kier alpha value is -3.22. The normalized spacial score (nSPS) is 18.6. The standard InChI is InChI=1S/C22H24N4O3/c27-22(14-26-15-23-18-5-1-2-6-19(18)26)25-9-3-4-17(13-25)24-16-7-8-20-21(12-16)29-11-10-28-20/h1-2,5-8,12,15,17,24H,3-4,9-11,13-14H2/t17-/m1/s1. The van der Waals surface area contributed by atoms with Gasteiger partial charge < -0.3 is 24.3 Å². The lowest BCUT2D eigenvalue weighted by molar-refractivity contribution is -0.132. The Morgan fingerprint density at radius 1 is 1.14 bits per heavy atom. The Balaban J connectivity index is 1.24. The number of carbonyl (C=O) groups is 1. The van der Waals surface area contributed by atoms with Gasteiger partial charge in [-0.1, -0.05) is 12.1 Å². The van der Waals surface area contributed by atoms with Crippen LogP contribution in [0.3, 0.4) is 0 Å². The van der Waals surface area contributed by atoms with E-state index in [0.29, 0.717) is 26.3 Å². The van der Waals surface area contributed by atoms with E-state index in [2.05, 4.69) is 10.3 Å². The van der Waals surface area contributed by atoms with E-state index in [-0.39, 0.29) is 11.9 Å². The monoisotopic (exact) mass is 392 g/mol. The molecule has 1 aromatic heterocycles. The van der Waals surface area contributed by atoms with Crippen molar-refractivity contribution >= 4 is 22.6 Å². The Morgan fingerprint density at radius 3 is 2.93 bits per heavy atom. The lowest BCUT2D eigenvalue weighted by Gasteiger charge is -2.34. The number of likely N-dealkylation sites (tertiary alicyclic amines) is 1. The molecule has 7 heteroatoms. The number of ether oxygens (including phenoxy) is 2. The van der Waals surface area contributed by atoms with Crippen molar-refractivity contribution in [2.45, 2.75) is 25.4 Å². The van der Waals surface area contributed by atoms with Crippen LogP contribution in [0.15, 0.2) is 48.8 Å². The average Bonchev–Trinajstić information content (AvgIpc) is 3.17. The molecule has 0 radical (unpaired) electrons. The van der Waals surface area contributed by atoms with Crippen molar-refractivity contribution in [2.24, 2.45) is 0 Å². The maximum absolute atomic E-state index is 12.9. The number of hydrogen-bond donors (Lipinski definition) is 1. The van der Waals surface area contributed by atoms with Crippen LogP contribution in [0.1, 0.15) is 12.8 Å². The molecule has 3 heterocycles. The van der Waals surface area contributed by atoms with Crippen molar-refractivity contribution < 1.29 is 14.3 Å². The molecule has 0 unspecified atom stereocenters. The van der Waals surface area contributed by atoms with Crippen LogP contribution >= 0.6 is 0 Å². The van der Waals surface area contributed by atoms with Gasteiger partial charge in [0.1, 0.15) is 19.8 Å². The minimum Gasteiger partial charge on any atom is -0.486 e. The van der Waals surface area contributed by atoms with Gasteiger partial charge in [-0.05, 0) is 37.1 Å². The average molecular weight is 392 g/mol. The number of carbonyl (C=O) groups excluding carboxylic acids is 1. The number of rotatable bonds is 4. The summed E-state index contributed by atoms with van der Waals surface area (Å²) in [4.78, 5) is 19.2. The SMILES string of the molecule is O=C(Cn1cnc2ccccc21)N1CCC[C@@H](Nc2ccc3c(c2)OCCO3)C1. The minimum absolute atomic E-state index is 0.127. The summed E-state index contributed by atoms with van der Waals surface area (Å²) in [5.41, 5.74) is 2.90. The molecule has 0 aliphatic carbocycles. The summed E-state index contributed by atoms with van der Waals surface area (Å²) < 4.78 is 13.2. The minimum atomic E-state index is 0.127. The third-order valence-corrected chi connectivity index (χ3v) is 5.52. The molecule has 5 rings (SSSR count).